The highest BCUT2D eigenvalue weighted by molar-refractivity contribution is 6.00. The molecule has 3 heteroatoms. The van der Waals surface area contributed by atoms with Gasteiger partial charge in [-0.3, -0.25) is 9.59 Å². The summed E-state index contributed by atoms with van der Waals surface area (Å²) in [6, 6.07) is 0. The van der Waals surface area contributed by atoms with Gasteiger partial charge < -0.3 is 4.74 Å². The molecule has 4 rings (SSSR count). The fourth-order valence-corrected chi connectivity index (χ4v) is 6.47. The average molecular weight is 312 g/mol. The number of allylic oxidation sites excluding steroid dienone is 6. The molecule has 0 unspecified atom stereocenters. The first-order valence-corrected chi connectivity index (χ1v) is 8.38. The van der Waals surface area contributed by atoms with E-state index in [2.05, 4.69) is 54.5 Å². The minimum absolute atomic E-state index is 0.248. The Kier molecular flexibility index (Phi) is 2.41. The number of esters is 2. The van der Waals surface area contributed by atoms with Crippen molar-refractivity contribution in [1.29, 1.82) is 0 Å². The lowest BCUT2D eigenvalue weighted by atomic mass is 9.50. The third-order valence-electron chi connectivity index (χ3n) is 8.39. The number of carbonyl (C=O) groups excluding carboxylic acids is 2. The quantitative estimate of drug-likeness (QED) is 0.502. The Morgan fingerprint density at radius 2 is 1.39 bits per heavy atom. The summed E-state index contributed by atoms with van der Waals surface area (Å²) in [6.07, 6.45) is 2.26. The van der Waals surface area contributed by atoms with E-state index in [1.807, 2.05) is 0 Å². The minimum atomic E-state index is -0.386. The Bertz CT molecular complexity index is 796. The van der Waals surface area contributed by atoms with Crippen molar-refractivity contribution in [1.82, 2.24) is 0 Å². The summed E-state index contributed by atoms with van der Waals surface area (Å²) in [6.45, 7) is 15.1. The van der Waals surface area contributed by atoms with Gasteiger partial charge in [0.15, 0.2) is 0 Å². The zero-order valence-electron chi connectivity index (χ0n) is 15.0. The van der Waals surface area contributed by atoms with Crippen molar-refractivity contribution in [2.24, 2.45) is 28.1 Å². The lowest BCUT2D eigenvalue weighted by Gasteiger charge is -2.53. The van der Waals surface area contributed by atoms with Crippen molar-refractivity contribution in [3.8, 4) is 0 Å². The fourth-order valence-electron chi connectivity index (χ4n) is 6.47. The van der Waals surface area contributed by atoms with E-state index < -0.39 is 0 Å². The molecule has 1 heterocycles. The number of carbonyl (C=O) groups is 2. The second-order valence-electron chi connectivity index (χ2n) is 8.34. The Balaban J connectivity index is 2.18. The number of hydrogen-bond donors (Lipinski definition) is 0. The van der Waals surface area contributed by atoms with E-state index in [1.165, 1.54) is 27.9 Å². The highest BCUT2D eigenvalue weighted by atomic mass is 16.6. The largest absolute Gasteiger partial charge is 0.393 e. The van der Waals surface area contributed by atoms with Gasteiger partial charge in [-0.15, -0.1) is 0 Å². The maximum atomic E-state index is 12.6. The van der Waals surface area contributed by atoms with Crippen molar-refractivity contribution >= 4 is 11.9 Å². The summed E-state index contributed by atoms with van der Waals surface area (Å²) in [5.74, 6) is -1.44. The molecule has 0 aromatic rings. The standard InChI is InChI=1S/C20H24O3/c1-9-8-13-11(3)10(2)12(4)19(6)15-14(16(21)23-17(15)22)18(9,5)20(13,19)7/h8,14-15H,1-7H3/t14-,15+,18+,19-,20+/m1/s1. The lowest BCUT2D eigenvalue weighted by Crippen LogP contribution is -2.48. The van der Waals surface area contributed by atoms with Crippen LogP contribution in [0.4, 0.5) is 0 Å². The number of hydrogen-bond acceptors (Lipinski definition) is 3. The summed E-state index contributed by atoms with van der Waals surface area (Å²) in [4.78, 5) is 25.2. The van der Waals surface area contributed by atoms with Gasteiger partial charge in [0, 0.05) is 16.2 Å². The SMILES string of the molecule is CC1=CC2=C(C)C(C)=C(C)[C@]3(C)[C@@H]4C(=O)OC(=O)[C@@H]4[C@@]1(C)[C@]23C. The van der Waals surface area contributed by atoms with E-state index in [0.717, 1.165) is 0 Å². The first kappa shape index (κ1) is 14.9. The molecule has 2 fully saturated rings. The van der Waals surface area contributed by atoms with Crippen LogP contribution in [0.15, 0.2) is 33.9 Å². The maximum absolute atomic E-state index is 12.6. The molecule has 0 spiro atoms. The van der Waals surface area contributed by atoms with Gasteiger partial charge in [-0.05, 0) is 44.4 Å². The van der Waals surface area contributed by atoms with Gasteiger partial charge >= 0.3 is 11.9 Å². The second kappa shape index (κ2) is 3.71. The van der Waals surface area contributed by atoms with Gasteiger partial charge in [0.25, 0.3) is 0 Å². The van der Waals surface area contributed by atoms with Crippen molar-refractivity contribution in [2.45, 2.75) is 48.5 Å². The van der Waals surface area contributed by atoms with E-state index in [-0.39, 0.29) is 40.0 Å². The molecule has 0 aromatic heterocycles. The first-order chi connectivity index (χ1) is 10.5. The van der Waals surface area contributed by atoms with Crippen LogP contribution in [0.5, 0.6) is 0 Å². The molecule has 23 heavy (non-hydrogen) atoms. The molecule has 5 atom stereocenters. The van der Waals surface area contributed by atoms with Crippen LogP contribution in [-0.4, -0.2) is 11.9 Å². The highest BCUT2D eigenvalue weighted by Gasteiger charge is 2.80. The molecular weight excluding hydrogens is 288 g/mol. The fraction of sp³-hybridized carbons (Fsp3) is 0.600. The molecular formula is C20H24O3. The van der Waals surface area contributed by atoms with Gasteiger partial charge in [0.05, 0.1) is 11.8 Å². The highest BCUT2D eigenvalue weighted by Crippen LogP contribution is 2.80. The van der Waals surface area contributed by atoms with Gasteiger partial charge in [-0.25, -0.2) is 0 Å². The average Bonchev–Trinajstić information content (AvgIpc) is 2.96. The molecule has 3 nitrogen and oxygen atoms in total. The molecule has 1 aliphatic heterocycles. The molecule has 0 N–H and O–H groups in total. The molecule has 1 saturated carbocycles. The van der Waals surface area contributed by atoms with Crippen molar-refractivity contribution in [3.05, 3.63) is 33.9 Å². The number of ether oxygens (including phenoxy) is 1. The molecule has 0 bridgehead atoms. The van der Waals surface area contributed by atoms with Gasteiger partial charge in [-0.1, -0.05) is 38.0 Å². The predicted molar refractivity (Wildman–Crippen MR) is 87.2 cm³/mol. The van der Waals surface area contributed by atoms with Crippen LogP contribution in [0, 0.1) is 28.1 Å². The summed E-state index contributed by atoms with van der Waals surface area (Å²) in [7, 11) is 0. The molecule has 4 aliphatic rings. The van der Waals surface area contributed by atoms with Crippen LogP contribution in [0.3, 0.4) is 0 Å². The molecule has 0 aromatic carbocycles. The van der Waals surface area contributed by atoms with Crippen molar-refractivity contribution in [2.75, 3.05) is 0 Å². The lowest BCUT2D eigenvalue weighted by molar-refractivity contribution is -0.157. The first-order valence-electron chi connectivity index (χ1n) is 8.38. The number of rotatable bonds is 0. The Morgan fingerprint density at radius 1 is 0.870 bits per heavy atom. The number of fused-ring (bicyclic) bond motifs is 3. The Morgan fingerprint density at radius 3 is 1.96 bits per heavy atom. The molecule has 1 saturated heterocycles. The molecule has 0 radical (unpaired) electrons. The third-order valence-corrected chi connectivity index (χ3v) is 8.39. The van der Waals surface area contributed by atoms with Crippen LogP contribution in [-0.2, 0) is 14.3 Å². The Hall–Kier alpha value is -1.64. The van der Waals surface area contributed by atoms with E-state index in [1.54, 1.807) is 0 Å². The van der Waals surface area contributed by atoms with E-state index in [0.29, 0.717) is 0 Å². The smallest absolute Gasteiger partial charge is 0.318 e. The van der Waals surface area contributed by atoms with E-state index in [4.69, 9.17) is 4.74 Å². The van der Waals surface area contributed by atoms with Gasteiger partial charge in [0.2, 0.25) is 0 Å². The monoisotopic (exact) mass is 312 g/mol. The summed E-state index contributed by atoms with van der Waals surface area (Å²) in [5, 5.41) is 0. The predicted octanol–water partition coefficient (Wildman–Crippen LogP) is 3.96. The summed E-state index contributed by atoms with van der Waals surface area (Å²) in [5.41, 5.74) is 5.28. The maximum Gasteiger partial charge on any atom is 0.318 e. The van der Waals surface area contributed by atoms with E-state index in [9.17, 15) is 9.59 Å². The van der Waals surface area contributed by atoms with Crippen LogP contribution in [0.25, 0.3) is 0 Å². The molecule has 0 amide bonds. The van der Waals surface area contributed by atoms with Crippen LogP contribution < -0.4 is 0 Å². The number of cyclic esters (lactones) is 2. The van der Waals surface area contributed by atoms with E-state index >= 15 is 0 Å². The Labute approximate surface area is 137 Å². The van der Waals surface area contributed by atoms with Crippen LogP contribution >= 0.6 is 0 Å². The second-order valence-corrected chi connectivity index (χ2v) is 8.34. The van der Waals surface area contributed by atoms with Crippen LogP contribution in [0.1, 0.15) is 48.5 Å². The summed E-state index contributed by atoms with van der Waals surface area (Å²) < 4.78 is 5.12. The van der Waals surface area contributed by atoms with Crippen molar-refractivity contribution < 1.29 is 14.3 Å². The minimum Gasteiger partial charge on any atom is -0.393 e. The van der Waals surface area contributed by atoms with Gasteiger partial charge in [-0.2, -0.15) is 0 Å². The molecule has 122 valence electrons. The summed E-state index contributed by atoms with van der Waals surface area (Å²) >= 11 is 0. The van der Waals surface area contributed by atoms with Crippen LogP contribution in [0.2, 0.25) is 0 Å². The zero-order valence-corrected chi connectivity index (χ0v) is 15.0. The van der Waals surface area contributed by atoms with Crippen molar-refractivity contribution in [3.63, 3.8) is 0 Å². The zero-order chi connectivity index (χ0) is 17.1. The normalized spacial score (nSPS) is 47.9. The molecule has 3 aliphatic carbocycles. The third kappa shape index (κ3) is 1.12. The topological polar surface area (TPSA) is 43.4 Å². The van der Waals surface area contributed by atoms with Gasteiger partial charge in [0.1, 0.15) is 0 Å².